The number of anilines is 1. The van der Waals surface area contributed by atoms with Crippen LogP contribution in [0.5, 0.6) is 0 Å². The summed E-state index contributed by atoms with van der Waals surface area (Å²) in [5.41, 5.74) is 0.179. The van der Waals surface area contributed by atoms with Crippen molar-refractivity contribution in [3.05, 3.63) is 78.8 Å². The highest BCUT2D eigenvalue weighted by molar-refractivity contribution is 5.91. The second kappa shape index (κ2) is 6.30. The molecule has 22 heavy (non-hydrogen) atoms. The molecule has 3 rings (SSSR count). The lowest BCUT2D eigenvalue weighted by atomic mass is 10.1. The van der Waals surface area contributed by atoms with E-state index in [1.165, 1.54) is 12.1 Å². The Morgan fingerprint density at radius 3 is 2.59 bits per heavy atom. The van der Waals surface area contributed by atoms with Gasteiger partial charge in [-0.05, 0) is 36.4 Å². The lowest BCUT2D eigenvalue weighted by Gasteiger charge is -2.16. The molecule has 0 fully saturated rings. The van der Waals surface area contributed by atoms with Crippen LogP contribution in [-0.4, -0.2) is 10.5 Å². The van der Waals surface area contributed by atoms with E-state index in [-0.39, 0.29) is 24.1 Å². The highest BCUT2D eigenvalue weighted by Crippen LogP contribution is 2.24. The maximum absolute atomic E-state index is 13.6. The first-order chi connectivity index (χ1) is 10.7. The van der Waals surface area contributed by atoms with E-state index in [0.29, 0.717) is 5.76 Å². The van der Waals surface area contributed by atoms with E-state index >= 15 is 0 Å². The van der Waals surface area contributed by atoms with Gasteiger partial charge in [0, 0.05) is 12.4 Å². The first-order valence-corrected chi connectivity index (χ1v) is 6.94. The Balaban J connectivity index is 1.77. The van der Waals surface area contributed by atoms with Crippen LogP contribution in [0.3, 0.4) is 0 Å². The molecule has 4 nitrogen and oxygen atoms in total. The number of carbonyl (C=O) groups is 1. The zero-order valence-corrected chi connectivity index (χ0v) is 11.8. The average molecular weight is 298 g/mol. The number of hydrogen-bond donors (Lipinski definition) is 1. The molecule has 1 aromatic carbocycles. The molecule has 0 saturated heterocycles. The summed E-state index contributed by atoms with van der Waals surface area (Å²) in [6, 6.07) is 13.2. The molecule has 0 aliphatic heterocycles. The lowest BCUT2D eigenvalue weighted by molar-refractivity contribution is -0.116. The van der Waals surface area contributed by atoms with Crippen LogP contribution in [0.2, 0.25) is 0 Å². The van der Waals surface area contributed by atoms with Crippen molar-refractivity contribution in [3.8, 4) is 0 Å². The topological polar surface area (TPSA) is 47.2 Å². The van der Waals surface area contributed by atoms with E-state index in [2.05, 4.69) is 5.32 Å². The summed E-state index contributed by atoms with van der Waals surface area (Å²) in [5.74, 6) is -0.0496. The van der Waals surface area contributed by atoms with Gasteiger partial charge in [0.05, 0.1) is 24.4 Å². The highest BCUT2D eigenvalue weighted by atomic mass is 19.1. The quantitative estimate of drug-likeness (QED) is 0.778. The van der Waals surface area contributed by atoms with Crippen LogP contribution >= 0.6 is 0 Å². The number of para-hydroxylation sites is 1. The molecule has 3 aromatic rings. The Bertz CT molecular complexity index is 702. The van der Waals surface area contributed by atoms with Gasteiger partial charge in [-0.25, -0.2) is 4.39 Å². The predicted molar refractivity (Wildman–Crippen MR) is 80.9 cm³/mol. The van der Waals surface area contributed by atoms with Crippen molar-refractivity contribution in [3.63, 3.8) is 0 Å². The number of nitrogens with one attached hydrogen (secondary N) is 1. The number of halogens is 1. The second-order valence-electron chi connectivity index (χ2n) is 4.89. The summed E-state index contributed by atoms with van der Waals surface area (Å²) in [5, 5.41) is 2.60. The number of hydrogen-bond acceptors (Lipinski definition) is 2. The number of amides is 1. The van der Waals surface area contributed by atoms with Gasteiger partial charge in [0.2, 0.25) is 5.91 Å². The molecular formula is C17H15FN2O2. The molecule has 0 aliphatic rings. The van der Waals surface area contributed by atoms with E-state index in [4.69, 9.17) is 4.42 Å². The zero-order valence-electron chi connectivity index (χ0n) is 11.8. The Morgan fingerprint density at radius 1 is 1.14 bits per heavy atom. The van der Waals surface area contributed by atoms with Gasteiger partial charge in [-0.15, -0.1) is 0 Å². The Morgan fingerprint density at radius 2 is 1.91 bits per heavy atom. The van der Waals surface area contributed by atoms with Crippen LogP contribution in [0.4, 0.5) is 10.1 Å². The fraction of sp³-hybridized carbons (Fsp3) is 0.118. The number of aromatic nitrogens is 1. The van der Waals surface area contributed by atoms with Gasteiger partial charge < -0.3 is 14.3 Å². The fourth-order valence-electron chi connectivity index (χ4n) is 2.33. The third-order valence-corrected chi connectivity index (χ3v) is 3.39. The van der Waals surface area contributed by atoms with Crippen LogP contribution < -0.4 is 5.32 Å². The van der Waals surface area contributed by atoms with Crippen LogP contribution in [0.25, 0.3) is 0 Å². The third-order valence-electron chi connectivity index (χ3n) is 3.39. The van der Waals surface area contributed by atoms with Crippen LogP contribution in [0, 0.1) is 5.82 Å². The maximum atomic E-state index is 13.6. The monoisotopic (exact) mass is 298 g/mol. The van der Waals surface area contributed by atoms with E-state index < -0.39 is 5.82 Å². The van der Waals surface area contributed by atoms with Gasteiger partial charge in [0.15, 0.2) is 0 Å². The summed E-state index contributed by atoms with van der Waals surface area (Å²) >= 11 is 0. The average Bonchev–Trinajstić information content (AvgIpc) is 3.21. The standard InChI is InChI=1S/C17H15FN2O2/c18-13-6-1-2-7-14(13)19-17(21)12-15(16-8-5-11-22-16)20-9-3-4-10-20/h1-11,15H,12H2,(H,19,21). The van der Waals surface area contributed by atoms with Crippen molar-refractivity contribution in [2.24, 2.45) is 0 Å². The molecule has 1 atom stereocenters. The van der Waals surface area contributed by atoms with E-state index in [1.54, 1.807) is 24.5 Å². The third kappa shape index (κ3) is 3.09. The SMILES string of the molecule is O=C(CC(c1ccco1)n1cccc1)Nc1ccccc1F. The molecule has 0 aliphatic carbocycles. The van der Waals surface area contributed by atoms with Crippen LogP contribution in [-0.2, 0) is 4.79 Å². The Labute approximate surface area is 127 Å². The van der Waals surface area contributed by atoms with Crippen molar-refractivity contribution < 1.29 is 13.6 Å². The molecule has 1 amide bonds. The van der Waals surface area contributed by atoms with E-state index in [0.717, 1.165) is 0 Å². The van der Waals surface area contributed by atoms with Gasteiger partial charge >= 0.3 is 0 Å². The number of furan rings is 1. The zero-order chi connectivity index (χ0) is 15.4. The molecule has 0 spiro atoms. The first-order valence-electron chi connectivity index (χ1n) is 6.94. The molecular weight excluding hydrogens is 283 g/mol. The normalized spacial score (nSPS) is 12.0. The summed E-state index contributed by atoms with van der Waals surface area (Å²) in [6.07, 6.45) is 5.45. The van der Waals surface area contributed by atoms with Crippen LogP contribution in [0.1, 0.15) is 18.2 Å². The molecule has 112 valence electrons. The summed E-state index contributed by atoms with van der Waals surface area (Å²) in [7, 11) is 0. The van der Waals surface area contributed by atoms with Gasteiger partial charge in [0.1, 0.15) is 11.6 Å². The molecule has 5 heteroatoms. The minimum Gasteiger partial charge on any atom is -0.467 e. The van der Waals surface area contributed by atoms with Crippen LogP contribution in [0.15, 0.2) is 71.6 Å². The molecule has 2 aromatic heterocycles. The Kier molecular flexibility index (Phi) is 4.05. The maximum Gasteiger partial charge on any atom is 0.227 e. The minimum atomic E-state index is -0.452. The van der Waals surface area contributed by atoms with Gasteiger partial charge in [-0.3, -0.25) is 4.79 Å². The van der Waals surface area contributed by atoms with Gasteiger partial charge in [0.25, 0.3) is 0 Å². The number of rotatable bonds is 5. The molecule has 1 N–H and O–H groups in total. The van der Waals surface area contributed by atoms with E-state index in [1.807, 2.05) is 35.2 Å². The number of benzene rings is 1. The molecule has 1 unspecified atom stereocenters. The second-order valence-corrected chi connectivity index (χ2v) is 4.89. The summed E-state index contributed by atoms with van der Waals surface area (Å²) < 4.78 is 20.9. The van der Waals surface area contributed by atoms with Gasteiger partial charge in [-0.1, -0.05) is 12.1 Å². The summed E-state index contributed by atoms with van der Waals surface area (Å²) in [4.78, 5) is 12.2. The summed E-state index contributed by atoms with van der Waals surface area (Å²) in [6.45, 7) is 0. The first kappa shape index (κ1) is 14.1. The lowest BCUT2D eigenvalue weighted by Crippen LogP contribution is -2.19. The number of nitrogens with zero attached hydrogens (tertiary/aromatic N) is 1. The van der Waals surface area contributed by atoms with Gasteiger partial charge in [-0.2, -0.15) is 0 Å². The van der Waals surface area contributed by atoms with Crippen molar-refractivity contribution in [1.82, 2.24) is 4.57 Å². The molecule has 2 heterocycles. The molecule has 0 bridgehead atoms. The Hall–Kier alpha value is -2.82. The van der Waals surface area contributed by atoms with Crippen molar-refractivity contribution >= 4 is 11.6 Å². The molecule has 0 saturated carbocycles. The van der Waals surface area contributed by atoms with Crippen molar-refractivity contribution in [1.29, 1.82) is 0 Å². The minimum absolute atomic E-state index is 0.149. The molecule has 0 radical (unpaired) electrons. The van der Waals surface area contributed by atoms with Crippen molar-refractivity contribution in [2.75, 3.05) is 5.32 Å². The predicted octanol–water partition coefficient (Wildman–Crippen LogP) is 3.84. The smallest absolute Gasteiger partial charge is 0.227 e. The van der Waals surface area contributed by atoms with E-state index in [9.17, 15) is 9.18 Å². The largest absolute Gasteiger partial charge is 0.467 e. The number of carbonyl (C=O) groups excluding carboxylic acids is 1. The fourth-order valence-corrected chi connectivity index (χ4v) is 2.33. The van der Waals surface area contributed by atoms with Crippen molar-refractivity contribution in [2.45, 2.75) is 12.5 Å². The highest BCUT2D eigenvalue weighted by Gasteiger charge is 2.20.